The highest BCUT2D eigenvalue weighted by Gasteiger charge is 2.50. The number of amides is 1. The maximum absolute atomic E-state index is 12.4. The minimum Gasteiger partial charge on any atom is -0.481 e. The van der Waals surface area contributed by atoms with E-state index in [9.17, 15) is 9.59 Å². The van der Waals surface area contributed by atoms with Gasteiger partial charge in [0.25, 0.3) is 0 Å². The smallest absolute Gasteiger partial charge is 0.307 e. The Morgan fingerprint density at radius 1 is 1.32 bits per heavy atom. The Hall–Kier alpha value is -1.84. The second kappa shape index (κ2) is 4.37. The SMILES string of the molecule is Cc1ccc2c(c1)CCCN2C(=O)[C@@H]1C[C@@H]1C(=O)O. The van der Waals surface area contributed by atoms with E-state index in [2.05, 4.69) is 6.07 Å². The van der Waals surface area contributed by atoms with Crippen molar-refractivity contribution in [3.05, 3.63) is 29.3 Å². The quantitative estimate of drug-likeness (QED) is 0.883. The van der Waals surface area contributed by atoms with Crippen molar-refractivity contribution in [2.75, 3.05) is 11.4 Å². The van der Waals surface area contributed by atoms with Gasteiger partial charge in [-0.05, 0) is 37.8 Å². The number of nitrogens with zero attached hydrogens (tertiary/aromatic N) is 1. The predicted octanol–water partition coefficient (Wildman–Crippen LogP) is 1.99. The Bertz CT molecular complexity index is 552. The molecule has 1 aromatic carbocycles. The molecule has 0 bridgehead atoms. The van der Waals surface area contributed by atoms with E-state index in [-0.39, 0.29) is 11.8 Å². The number of rotatable bonds is 2. The minimum absolute atomic E-state index is 0.0165. The standard InChI is InChI=1S/C15H17NO3/c1-9-4-5-13-10(7-9)3-2-6-16(13)14(17)11-8-12(11)15(18)19/h4-5,7,11-12H,2-3,6,8H2,1H3,(H,18,19)/t11-,12+/m1/s1. The number of hydrogen-bond donors (Lipinski definition) is 1. The second-order valence-corrected chi connectivity index (χ2v) is 5.51. The van der Waals surface area contributed by atoms with Gasteiger partial charge in [-0.3, -0.25) is 9.59 Å². The summed E-state index contributed by atoms with van der Waals surface area (Å²) in [7, 11) is 0. The molecule has 0 spiro atoms. The summed E-state index contributed by atoms with van der Waals surface area (Å²) in [6, 6.07) is 6.11. The molecular formula is C15H17NO3. The van der Waals surface area contributed by atoms with E-state index in [1.165, 1.54) is 11.1 Å². The largest absolute Gasteiger partial charge is 0.481 e. The molecule has 19 heavy (non-hydrogen) atoms. The summed E-state index contributed by atoms with van der Waals surface area (Å²) in [6.45, 7) is 2.75. The van der Waals surface area contributed by atoms with Gasteiger partial charge in [-0.15, -0.1) is 0 Å². The van der Waals surface area contributed by atoms with Crippen LogP contribution in [0.1, 0.15) is 24.0 Å². The van der Waals surface area contributed by atoms with E-state index in [4.69, 9.17) is 5.11 Å². The maximum Gasteiger partial charge on any atom is 0.307 e. The lowest BCUT2D eigenvalue weighted by Gasteiger charge is -2.30. The minimum atomic E-state index is -0.848. The number of carboxylic acids is 1. The van der Waals surface area contributed by atoms with Crippen LogP contribution >= 0.6 is 0 Å². The van der Waals surface area contributed by atoms with Gasteiger partial charge < -0.3 is 10.0 Å². The molecule has 0 unspecified atom stereocenters. The molecule has 0 aromatic heterocycles. The van der Waals surface area contributed by atoms with Crippen LogP contribution in [0.15, 0.2) is 18.2 Å². The molecule has 100 valence electrons. The molecule has 1 aliphatic heterocycles. The van der Waals surface area contributed by atoms with Gasteiger partial charge in [0.1, 0.15) is 0 Å². The molecule has 2 aliphatic rings. The lowest BCUT2D eigenvalue weighted by Crippen LogP contribution is -2.37. The van der Waals surface area contributed by atoms with Crippen LogP contribution in [0.2, 0.25) is 0 Å². The normalized spacial score (nSPS) is 24.8. The third-order valence-corrected chi connectivity index (χ3v) is 4.04. The molecule has 1 aliphatic carbocycles. The van der Waals surface area contributed by atoms with Crippen molar-refractivity contribution in [3.8, 4) is 0 Å². The van der Waals surface area contributed by atoms with Gasteiger partial charge in [-0.1, -0.05) is 17.7 Å². The number of hydrogen-bond acceptors (Lipinski definition) is 2. The first-order valence-electron chi connectivity index (χ1n) is 6.71. The van der Waals surface area contributed by atoms with Crippen molar-refractivity contribution in [2.24, 2.45) is 11.8 Å². The third kappa shape index (κ3) is 2.11. The number of aliphatic carboxylic acids is 1. The average Bonchev–Trinajstić information content (AvgIpc) is 3.17. The van der Waals surface area contributed by atoms with Gasteiger partial charge >= 0.3 is 5.97 Å². The molecule has 1 fully saturated rings. The fourth-order valence-electron chi connectivity index (χ4n) is 2.90. The highest BCUT2D eigenvalue weighted by atomic mass is 16.4. The zero-order valence-electron chi connectivity index (χ0n) is 10.9. The zero-order valence-corrected chi connectivity index (χ0v) is 10.9. The molecule has 0 radical (unpaired) electrons. The van der Waals surface area contributed by atoms with Crippen LogP contribution in [0.4, 0.5) is 5.69 Å². The lowest BCUT2D eigenvalue weighted by atomic mass is 9.99. The number of anilines is 1. The molecule has 0 saturated heterocycles. The number of carboxylic acid groups (broad SMARTS) is 1. The first kappa shape index (κ1) is 12.2. The average molecular weight is 259 g/mol. The van der Waals surface area contributed by atoms with Crippen LogP contribution < -0.4 is 4.90 Å². The van der Waals surface area contributed by atoms with E-state index in [0.29, 0.717) is 13.0 Å². The molecule has 1 amide bonds. The summed E-state index contributed by atoms with van der Waals surface area (Å²) in [5, 5.41) is 8.93. The third-order valence-electron chi connectivity index (χ3n) is 4.04. The Morgan fingerprint density at radius 3 is 2.79 bits per heavy atom. The molecule has 1 N–H and O–H groups in total. The molecule has 4 heteroatoms. The van der Waals surface area contributed by atoms with Gasteiger partial charge in [0.15, 0.2) is 0 Å². The Morgan fingerprint density at radius 2 is 2.11 bits per heavy atom. The second-order valence-electron chi connectivity index (χ2n) is 5.51. The van der Waals surface area contributed by atoms with Crippen molar-refractivity contribution in [1.82, 2.24) is 0 Å². The molecule has 1 aromatic rings. The highest BCUT2D eigenvalue weighted by molar-refractivity contribution is 6.00. The zero-order chi connectivity index (χ0) is 13.6. The van der Waals surface area contributed by atoms with Crippen molar-refractivity contribution >= 4 is 17.6 Å². The van der Waals surface area contributed by atoms with Crippen LogP contribution in [0.3, 0.4) is 0 Å². The number of carbonyl (C=O) groups excluding carboxylic acids is 1. The van der Waals surface area contributed by atoms with Gasteiger partial charge in [0.05, 0.1) is 11.8 Å². The monoisotopic (exact) mass is 259 g/mol. The maximum atomic E-state index is 12.4. The van der Waals surface area contributed by atoms with E-state index in [0.717, 1.165) is 18.5 Å². The van der Waals surface area contributed by atoms with Crippen molar-refractivity contribution < 1.29 is 14.7 Å². The summed E-state index contributed by atoms with van der Waals surface area (Å²) >= 11 is 0. The molecule has 1 saturated carbocycles. The van der Waals surface area contributed by atoms with E-state index >= 15 is 0 Å². The molecule has 1 heterocycles. The number of fused-ring (bicyclic) bond motifs is 1. The fraction of sp³-hybridized carbons (Fsp3) is 0.467. The number of carbonyl (C=O) groups is 2. The first-order chi connectivity index (χ1) is 9.08. The van der Waals surface area contributed by atoms with Gasteiger partial charge in [0.2, 0.25) is 5.91 Å². The van der Waals surface area contributed by atoms with E-state index < -0.39 is 11.9 Å². The summed E-state index contributed by atoms with van der Waals surface area (Å²) in [5.74, 6) is -1.65. The summed E-state index contributed by atoms with van der Waals surface area (Å²) < 4.78 is 0. The van der Waals surface area contributed by atoms with Crippen molar-refractivity contribution in [3.63, 3.8) is 0 Å². The summed E-state index contributed by atoms with van der Waals surface area (Å²) in [4.78, 5) is 25.0. The Balaban J connectivity index is 1.84. The first-order valence-corrected chi connectivity index (χ1v) is 6.71. The summed E-state index contributed by atoms with van der Waals surface area (Å²) in [6.07, 6.45) is 2.44. The molecule has 4 nitrogen and oxygen atoms in total. The van der Waals surface area contributed by atoms with Crippen LogP contribution in [0.5, 0.6) is 0 Å². The van der Waals surface area contributed by atoms with Gasteiger partial charge in [-0.25, -0.2) is 0 Å². The van der Waals surface area contributed by atoms with Gasteiger partial charge in [0, 0.05) is 12.2 Å². The number of benzene rings is 1. The Labute approximate surface area is 112 Å². The van der Waals surface area contributed by atoms with E-state index in [1.54, 1.807) is 4.90 Å². The highest BCUT2D eigenvalue weighted by Crippen LogP contribution is 2.42. The molecule has 2 atom stereocenters. The van der Waals surface area contributed by atoms with Crippen molar-refractivity contribution in [2.45, 2.75) is 26.2 Å². The molecule has 3 rings (SSSR count). The topological polar surface area (TPSA) is 57.6 Å². The molecular weight excluding hydrogens is 242 g/mol. The van der Waals surface area contributed by atoms with E-state index in [1.807, 2.05) is 19.1 Å². The van der Waals surface area contributed by atoms with Gasteiger partial charge in [-0.2, -0.15) is 0 Å². The van der Waals surface area contributed by atoms with Crippen LogP contribution in [-0.2, 0) is 16.0 Å². The van der Waals surface area contributed by atoms with Crippen LogP contribution in [0.25, 0.3) is 0 Å². The predicted molar refractivity (Wildman–Crippen MR) is 71.1 cm³/mol. The van der Waals surface area contributed by atoms with Crippen LogP contribution in [-0.4, -0.2) is 23.5 Å². The lowest BCUT2D eigenvalue weighted by molar-refractivity contribution is -0.140. The summed E-state index contributed by atoms with van der Waals surface area (Å²) in [5.41, 5.74) is 3.37. The fourth-order valence-corrected chi connectivity index (χ4v) is 2.90. The van der Waals surface area contributed by atoms with Crippen LogP contribution in [0, 0.1) is 18.8 Å². The Kier molecular flexibility index (Phi) is 2.81. The number of aryl methyl sites for hydroxylation is 2. The van der Waals surface area contributed by atoms with Crippen molar-refractivity contribution in [1.29, 1.82) is 0 Å².